The lowest BCUT2D eigenvalue weighted by molar-refractivity contribution is -0.138. The zero-order valence-electron chi connectivity index (χ0n) is 20.1. The molecule has 2 aliphatic carbocycles. The fourth-order valence-corrected chi connectivity index (χ4v) is 5.58. The van der Waals surface area contributed by atoms with Crippen LogP contribution < -0.4 is 0 Å². The van der Waals surface area contributed by atoms with Gasteiger partial charge in [0.2, 0.25) is 5.91 Å². The first-order valence-corrected chi connectivity index (χ1v) is 12.6. The highest BCUT2D eigenvalue weighted by Crippen LogP contribution is 2.42. The molecule has 0 radical (unpaired) electrons. The number of amides is 2. The summed E-state index contributed by atoms with van der Waals surface area (Å²) in [6, 6.07) is 4.69. The number of aryl methyl sites for hydroxylation is 1. The van der Waals surface area contributed by atoms with Crippen molar-refractivity contribution in [2.45, 2.75) is 76.9 Å². The molecule has 1 saturated heterocycles. The van der Waals surface area contributed by atoms with Gasteiger partial charge in [-0.15, -0.1) is 0 Å². The van der Waals surface area contributed by atoms with Crippen LogP contribution >= 0.6 is 0 Å². The highest BCUT2D eigenvalue weighted by atomic mass is 16.3. The van der Waals surface area contributed by atoms with Gasteiger partial charge in [0, 0.05) is 26.2 Å². The average Bonchev–Trinajstić information content (AvgIpc) is 3.58. The van der Waals surface area contributed by atoms with Crippen molar-refractivity contribution < 1.29 is 14.7 Å². The van der Waals surface area contributed by atoms with E-state index in [1.165, 1.54) is 24.0 Å². The highest BCUT2D eigenvalue weighted by molar-refractivity contribution is 5.98. The van der Waals surface area contributed by atoms with Crippen molar-refractivity contribution in [3.8, 4) is 0 Å². The van der Waals surface area contributed by atoms with Gasteiger partial charge in [-0.1, -0.05) is 19.9 Å². The number of aliphatic hydroxyl groups is 1. The molecule has 33 heavy (non-hydrogen) atoms. The van der Waals surface area contributed by atoms with E-state index in [1.807, 2.05) is 16.5 Å². The van der Waals surface area contributed by atoms with Gasteiger partial charge >= 0.3 is 0 Å². The molecule has 3 fully saturated rings. The molecule has 7 heteroatoms. The number of imidazole rings is 1. The largest absolute Gasteiger partial charge is 0.393 e. The van der Waals surface area contributed by atoms with Crippen LogP contribution in [0.2, 0.25) is 0 Å². The smallest absolute Gasteiger partial charge is 0.290 e. The summed E-state index contributed by atoms with van der Waals surface area (Å²) in [4.78, 5) is 34.8. The fourth-order valence-electron chi connectivity index (χ4n) is 5.58. The summed E-state index contributed by atoms with van der Waals surface area (Å²) in [5, 5.41) is 9.77. The number of hydrogen-bond acceptors (Lipinski definition) is 4. The maximum Gasteiger partial charge on any atom is 0.290 e. The van der Waals surface area contributed by atoms with Crippen LogP contribution in [0.4, 0.5) is 0 Å². The maximum absolute atomic E-state index is 13.5. The minimum Gasteiger partial charge on any atom is -0.393 e. The molecule has 2 heterocycles. The Morgan fingerprint density at radius 1 is 1.12 bits per heavy atom. The Hall–Kier alpha value is -2.41. The second kappa shape index (κ2) is 8.75. The zero-order chi connectivity index (χ0) is 23.3. The monoisotopic (exact) mass is 452 g/mol. The van der Waals surface area contributed by atoms with Crippen LogP contribution in [0.15, 0.2) is 12.1 Å². The number of carbonyl (C=O) groups is 2. The normalized spacial score (nSPS) is 24.2. The van der Waals surface area contributed by atoms with Gasteiger partial charge in [0.1, 0.15) is 6.54 Å². The van der Waals surface area contributed by atoms with Gasteiger partial charge in [-0.25, -0.2) is 4.98 Å². The molecule has 7 nitrogen and oxygen atoms in total. The SMILES string of the molecule is CC(C)Cc1cc(C2CC2)cc2c1nc(C(=O)N1CCN(C3CCC(O)CC3)C(=O)C1)n2C. The van der Waals surface area contributed by atoms with E-state index in [-0.39, 0.29) is 30.5 Å². The first-order chi connectivity index (χ1) is 15.8. The minimum atomic E-state index is -0.238. The summed E-state index contributed by atoms with van der Waals surface area (Å²) in [5.74, 6) is 1.41. The Morgan fingerprint density at radius 3 is 2.48 bits per heavy atom. The molecule has 1 aliphatic heterocycles. The van der Waals surface area contributed by atoms with E-state index in [4.69, 9.17) is 4.98 Å². The van der Waals surface area contributed by atoms with Crippen LogP contribution in [0, 0.1) is 5.92 Å². The van der Waals surface area contributed by atoms with Crippen molar-refractivity contribution in [3.05, 3.63) is 29.1 Å². The third-order valence-electron chi connectivity index (χ3n) is 7.61. The fraction of sp³-hybridized carbons (Fsp3) is 0.654. The Kier molecular flexibility index (Phi) is 5.93. The standard InChI is InChI=1S/C26H36N4O3/c1-16(2)12-19-13-18(17-4-5-17)14-22-24(19)27-25(28(22)3)26(33)29-10-11-30(23(32)15-29)20-6-8-21(31)9-7-20/h13-14,16-17,20-21,31H,4-12,15H2,1-3H3. The topological polar surface area (TPSA) is 78.7 Å². The zero-order valence-corrected chi connectivity index (χ0v) is 20.1. The van der Waals surface area contributed by atoms with Gasteiger partial charge < -0.3 is 19.5 Å². The van der Waals surface area contributed by atoms with Crippen LogP contribution in [0.5, 0.6) is 0 Å². The molecular weight excluding hydrogens is 416 g/mol. The Morgan fingerprint density at radius 2 is 1.85 bits per heavy atom. The van der Waals surface area contributed by atoms with E-state index in [0.717, 1.165) is 43.1 Å². The number of rotatable bonds is 5. The first kappa shape index (κ1) is 22.4. The van der Waals surface area contributed by atoms with Gasteiger partial charge in [-0.05, 0) is 74.0 Å². The predicted molar refractivity (Wildman–Crippen MR) is 127 cm³/mol. The van der Waals surface area contributed by atoms with Crippen molar-refractivity contribution >= 4 is 22.8 Å². The van der Waals surface area contributed by atoms with E-state index >= 15 is 0 Å². The number of hydrogen-bond donors (Lipinski definition) is 1. The third-order valence-corrected chi connectivity index (χ3v) is 7.61. The number of piperazine rings is 1. The van der Waals surface area contributed by atoms with Crippen molar-refractivity contribution in [1.29, 1.82) is 0 Å². The second-order valence-electron chi connectivity index (χ2n) is 10.7. The lowest BCUT2D eigenvalue weighted by Crippen LogP contribution is -2.56. The van der Waals surface area contributed by atoms with Gasteiger partial charge in [-0.2, -0.15) is 0 Å². The van der Waals surface area contributed by atoms with E-state index in [2.05, 4.69) is 26.0 Å². The number of nitrogens with zero attached hydrogens (tertiary/aromatic N) is 4. The predicted octanol–water partition coefficient (Wildman–Crippen LogP) is 3.24. The van der Waals surface area contributed by atoms with Gasteiger partial charge in [0.15, 0.2) is 5.82 Å². The summed E-state index contributed by atoms with van der Waals surface area (Å²) >= 11 is 0. The minimum absolute atomic E-state index is 0.00581. The van der Waals surface area contributed by atoms with Crippen molar-refractivity contribution in [3.63, 3.8) is 0 Å². The first-order valence-electron chi connectivity index (χ1n) is 12.6. The molecule has 2 saturated carbocycles. The molecule has 0 bridgehead atoms. The van der Waals surface area contributed by atoms with Crippen molar-refractivity contribution in [2.24, 2.45) is 13.0 Å². The number of carbonyl (C=O) groups excluding carboxylic acids is 2. The van der Waals surface area contributed by atoms with Crippen molar-refractivity contribution in [2.75, 3.05) is 19.6 Å². The number of fused-ring (bicyclic) bond motifs is 1. The molecular formula is C26H36N4O3. The summed E-state index contributed by atoms with van der Waals surface area (Å²) < 4.78 is 1.92. The Balaban J connectivity index is 1.37. The maximum atomic E-state index is 13.5. The van der Waals surface area contributed by atoms with Crippen molar-refractivity contribution in [1.82, 2.24) is 19.4 Å². The van der Waals surface area contributed by atoms with Crippen LogP contribution in [-0.4, -0.2) is 68.1 Å². The summed E-state index contributed by atoms with van der Waals surface area (Å²) in [7, 11) is 1.92. The summed E-state index contributed by atoms with van der Waals surface area (Å²) in [6.07, 6.45) is 6.36. The summed E-state index contributed by atoms with van der Waals surface area (Å²) in [6.45, 7) is 5.61. The van der Waals surface area contributed by atoms with E-state index in [0.29, 0.717) is 30.7 Å². The molecule has 0 unspecified atom stereocenters. The molecule has 178 valence electrons. The third kappa shape index (κ3) is 4.39. The molecule has 2 amide bonds. The van der Waals surface area contributed by atoms with E-state index < -0.39 is 0 Å². The van der Waals surface area contributed by atoms with E-state index in [1.54, 1.807) is 4.90 Å². The van der Waals surface area contributed by atoms with Gasteiger partial charge in [0.25, 0.3) is 5.91 Å². The molecule has 5 rings (SSSR count). The number of aliphatic hydroxyl groups excluding tert-OH is 1. The number of aromatic nitrogens is 2. The molecule has 1 N–H and O–H groups in total. The van der Waals surface area contributed by atoms with Crippen LogP contribution in [0.3, 0.4) is 0 Å². The van der Waals surface area contributed by atoms with Gasteiger partial charge in [-0.3, -0.25) is 9.59 Å². The highest BCUT2D eigenvalue weighted by Gasteiger charge is 2.35. The summed E-state index contributed by atoms with van der Waals surface area (Å²) in [5.41, 5.74) is 4.52. The average molecular weight is 453 g/mol. The molecule has 3 aliphatic rings. The van der Waals surface area contributed by atoms with Crippen LogP contribution in [-0.2, 0) is 18.3 Å². The lowest BCUT2D eigenvalue weighted by atomic mass is 9.91. The molecule has 0 spiro atoms. The molecule has 2 aromatic rings. The van der Waals surface area contributed by atoms with Gasteiger partial charge in [0.05, 0.1) is 17.1 Å². The molecule has 1 aromatic carbocycles. The number of benzene rings is 1. The lowest BCUT2D eigenvalue weighted by Gasteiger charge is -2.41. The molecule has 1 aromatic heterocycles. The van der Waals surface area contributed by atoms with E-state index in [9.17, 15) is 14.7 Å². The Bertz CT molecular complexity index is 1060. The quantitative estimate of drug-likeness (QED) is 0.755. The van der Waals surface area contributed by atoms with Crippen LogP contribution in [0.25, 0.3) is 11.0 Å². The second-order valence-corrected chi connectivity index (χ2v) is 10.7. The Labute approximate surface area is 195 Å². The molecule has 0 atom stereocenters. The van der Waals surface area contributed by atoms with Crippen LogP contribution in [0.1, 0.15) is 80.0 Å².